The van der Waals surface area contributed by atoms with Crippen molar-refractivity contribution in [3.8, 4) is 11.5 Å². The van der Waals surface area contributed by atoms with Gasteiger partial charge in [-0.2, -0.15) is 0 Å². The molecule has 5 heteroatoms. The lowest BCUT2D eigenvalue weighted by molar-refractivity contribution is 0.123. The van der Waals surface area contributed by atoms with Gasteiger partial charge in [0.25, 0.3) is 0 Å². The number of rotatable bonds is 6. The van der Waals surface area contributed by atoms with Crippen LogP contribution in [0, 0.1) is 0 Å². The van der Waals surface area contributed by atoms with E-state index < -0.39 is 0 Å². The quantitative estimate of drug-likeness (QED) is 0.864. The summed E-state index contributed by atoms with van der Waals surface area (Å²) in [5.74, 6) is 1.81. The van der Waals surface area contributed by atoms with Crippen LogP contribution in [0.2, 0.25) is 0 Å². The maximum absolute atomic E-state index is 5.61. The Hall–Kier alpha value is -1.30. The molecule has 0 aromatic heterocycles. The number of nitrogens with zero attached hydrogens (tertiary/aromatic N) is 2. The fraction of sp³-hybridized carbons (Fsp3) is 0.647. The molecule has 1 heterocycles. The molecule has 2 unspecified atom stereocenters. The average molecular weight is 307 g/mol. The summed E-state index contributed by atoms with van der Waals surface area (Å²) in [7, 11) is 7.67. The number of likely N-dealkylation sites (N-methyl/N-ethyl adjacent to an activating group) is 1. The fourth-order valence-corrected chi connectivity index (χ4v) is 3.10. The van der Waals surface area contributed by atoms with Crippen molar-refractivity contribution in [3.63, 3.8) is 0 Å². The zero-order valence-corrected chi connectivity index (χ0v) is 14.4. The lowest BCUT2D eigenvalue weighted by Crippen LogP contribution is -2.51. The second-order valence-electron chi connectivity index (χ2n) is 6.24. The molecule has 5 nitrogen and oxygen atoms in total. The zero-order chi connectivity index (χ0) is 16.1. The molecule has 0 radical (unpaired) electrons. The molecular formula is C17H29N3O2. The Morgan fingerprint density at radius 2 is 2.09 bits per heavy atom. The molecule has 0 saturated carbocycles. The Bertz CT molecular complexity index is 479. The predicted octanol–water partition coefficient (Wildman–Crippen LogP) is 1.60. The van der Waals surface area contributed by atoms with Crippen LogP contribution < -0.4 is 14.8 Å². The SMILES string of the molecule is COc1ccc(OC)c(C(CN(C)C)N2CCNC(C)C2)c1. The molecule has 1 saturated heterocycles. The predicted molar refractivity (Wildman–Crippen MR) is 89.9 cm³/mol. The summed E-state index contributed by atoms with van der Waals surface area (Å²) in [5, 5.41) is 3.51. The van der Waals surface area contributed by atoms with Gasteiger partial charge in [-0.1, -0.05) is 0 Å². The van der Waals surface area contributed by atoms with Gasteiger partial charge in [0.05, 0.1) is 20.3 Å². The molecule has 1 N–H and O–H groups in total. The largest absolute Gasteiger partial charge is 0.497 e. The fourth-order valence-electron chi connectivity index (χ4n) is 3.10. The zero-order valence-electron chi connectivity index (χ0n) is 14.4. The molecule has 22 heavy (non-hydrogen) atoms. The highest BCUT2D eigenvalue weighted by molar-refractivity contribution is 5.42. The third kappa shape index (κ3) is 4.12. The van der Waals surface area contributed by atoms with Crippen LogP contribution in [0.4, 0.5) is 0 Å². The topological polar surface area (TPSA) is 37.0 Å². The number of ether oxygens (including phenoxy) is 2. The molecule has 1 aromatic carbocycles. The highest BCUT2D eigenvalue weighted by Crippen LogP contribution is 2.33. The number of benzene rings is 1. The molecule has 0 aliphatic carbocycles. The number of nitrogens with one attached hydrogen (secondary N) is 1. The van der Waals surface area contributed by atoms with Gasteiger partial charge in [0.1, 0.15) is 11.5 Å². The Balaban J connectivity index is 2.35. The van der Waals surface area contributed by atoms with E-state index in [2.05, 4.69) is 42.2 Å². The molecule has 2 rings (SSSR count). The van der Waals surface area contributed by atoms with E-state index in [4.69, 9.17) is 9.47 Å². The van der Waals surface area contributed by atoms with Gasteiger partial charge in [0.15, 0.2) is 0 Å². The summed E-state index contributed by atoms with van der Waals surface area (Å²) in [5.41, 5.74) is 1.20. The van der Waals surface area contributed by atoms with Crippen molar-refractivity contribution in [3.05, 3.63) is 23.8 Å². The number of hydrogen-bond acceptors (Lipinski definition) is 5. The van der Waals surface area contributed by atoms with Crippen LogP contribution in [-0.4, -0.2) is 70.3 Å². The van der Waals surface area contributed by atoms with Crippen molar-refractivity contribution in [1.82, 2.24) is 15.1 Å². The van der Waals surface area contributed by atoms with E-state index in [0.717, 1.165) is 37.7 Å². The second-order valence-corrected chi connectivity index (χ2v) is 6.24. The lowest BCUT2D eigenvalue weighted by atomic mass is 10.0. The molecule has 1 aliphatic heterocycles. The Morgan fingerprint density at radius 1 is 1.32 bits per heavy atom. The summed E-state index contributed by atoms with van der Waals surface area (Å²) in [6.45, 7) is 6.30. The van der Waals surface area contributed by atoms with Crippen molar-refractivity contribution < 1.29 is 9.47 Å². The van der Waals surface area contributed by atoms with E-state index in [1.807, 2.05) is 12.1 Å². The van der Waals surface area contributed by atoms with Crippen LogP contribution in [-0.2, 0) is 0 Å². The van der Waals surface area contributed by atoms with Crippen molar-refractivity contribution >= 4 is 0 Å². The first-order chi connectivity index (χ1) is 10.5. The van der Waals surface area contributed by atoms with E-state index >= 15 is 0 Å². The smallest absolute Gasteiger partial charge is 0.123 e. The second kappa shape index (κ2) is 7.81. The summed E-state index contributed by atoms with van der Waals surface area (Å²) < 4.78 is 11.0. The molecule has 124 valence electrons. The van der Waals surface area contributed by atoms with E-state index in [0.29, 0.717) is 12.1 Å². The number of hydrogen-bond donors (Lipinski definition) is 1. The van der Waals surface area contributed by atoms with Gasteiger partial charge in [-0.15, -0.1) is 0 Å². The van der Waals surface area contributed by atoms with Gasteiger partial charge < -0.3 is 19.7 Å². The van der Waals surface area contributed by atoms with Gasteiger partial charge in [-0.25, -0.2) is 0 Å². The monoisotopic (exact) mass is 307 g/mol. The Kier molecular flexibility index (Phi) is 6.06. The highest BCUT2D eigenvalue weighted by Gasteiger charge is 2.27. The molecule has 0 spiro atoms. The first-order valence-electron chi connectivity index (χ1n) is 7.89. The van der Waals surface area contributed by atoms with E-state index in [1.165, 1.54) is 5.56 Å². The first kappa shape index (κ1) is 17.1. The normalized spacial score (nSPS) is 20.9. The van der Waals surface area contributed by atoms with Gasteiger partial charge in [0, 0.05) is 37.8 Å². The minimum absolute atomic E-state index is 0.296. The van der Waals surface area contributed by atoms with Crippen LogP contribution in [0.25, 0.3) is 0 Å². The minimum atomic E-state index is 0.296. The maximum Gasteiger partial charge on any atom is 0.123 e. The summed E-state index contributed by atoms with van der Waals surface area (Å²) in [6, 6.07) is 6.87. The lowest BCUT2D eigenvalue weighted by Gasteiger charge is -2.39. The van der Waals surface area contributed by atoms with E-state index in [9.17, 15) is 0 Å². The third-order valence-electron chi connectivity index (χ3n) is 4.17. The summed E-state index contributed by atoms with van der Waals surface area (Å²) in [6.07, 6.45) is 0. The number of piperazine rings is 1. The Labute approximate surface area is 134 Å². The van der Waals surface area contributed by atoms with Gasteiger partial charge >= 0.3 is 0 Å². The van der Waals surface area contributed by atoms with Crippen molar-refractivity contribution in [2.24, 2.45) is 0 Å². The maximum atomic E-state index is 5.61. The number of methoxy groups -OCH3 is 2. The van der Waals surface area contributed by atoms with Crippen LogP contribution in [0.15, 0.2) is 18.2 Å². The van der Waals surface area contributed by atoms with Crippen LogP contribution >= 0.6 is 0 Å². The van der Waals surface area contributed by atoms with Gasteiger partial charge in [-0.05, 0) is 39.2 Å². The van der Waals surface area contributed by atoms with E-state index in [-0.39, 0.29) is 0 Å². The summed E-state index contributed by atoms with van der Waals surface area (Å²) >= 11 is 0. The van der Waals surface area contributed by atoms with Gasteiger partial charge in [0.2, 0.25) is 0 Å². The van der Waals surface area contributed by atoms with Gasteiger partial charge in [-0.3, -0.25) is 4.90 Å². The Morgan fingerprint density at radius 3 is 2.68 bits per heavy atom. The minimum Gasteiger partial charge on any atom is -0.497 e. The molecule has 1 aromatic rings. The van der Waals surface area contributed by atoms with Crippen molar-refractivity contribution in [2.45, 2.75) is 19.0 Å². The molecular weight excluding hydrogens is 278 g/mol. The average Bonchev–Trinajstić information content (AvgIpc) is 2.51. The van der Waals surface area contributed by atoms with Crippen LogP contribution in [0.1, 0.15) is 18.5 Å². The third-order valence-corrected chi connectivity index (χ3v) is 4.17. The van der Waals surface area contributed by atoms with Crippen LogP contribution in [0.5, 0.6) is 11.5 Å². The molecule has 2 atom stereocenters. The van der Waals surface area contributed by atoms with Crippen molar-refractivity contribution in [1.29, 1.82) is 0 Å². The molecule has 1 aliphatic rings. The van der Waals surface area contributed by atoms with Crippen LogP contribution in [0.3, 0.4) is 0 Å². The first-order valence-corrected chi connectivity index (χ1v) is 7.89. The highest BCUT2D eigenvalue weighted by atomic mass is 16.5. The molecule has 0 bridgehead atoms. The van der Waals surface area contributed by atoms with Crippen molar-refractivity contribution in [2.75, 3.05) is 54.5 Å². The summed E-state index contributed by atoms with van der Waals surface area (Å²) in [4.78, 5) is 4.77. The molecule has 0 amide bonds. The molecule has 1 fully saturated rings. The standard InChI is InChI=1S/C17H29N3O2/c1-13-11-20(9-8-18-13)16(12-19(2)3)15-10-14(21-4)6-7-17(15)22-5/h6-7,10,13,16,18H,8-9,11-12H2,1-5H3. The van der Waals surface area contributed by atoms with E-state index in [1.54, 1.807) is 14.2 Å².